The van der Waals surface area contributed by atoms with Gasteiger partial charge in [-0.25, -0.2) is 4.79 Å². The van der Waals surface area contributed by atoms with Crippen molar-refractivity contribution >= 4 is 6.09 Å². The van der Waals surface area contributed by atoms with Gasteiger partial charge in [-0.15, -0.1) is 0 Å². The van der Waals surface area contributed by atoms with Crippen LogP contribution in [0.1, 0.15) is 32.6 Å². The summed E-state index contributed by atoms with van der Waals surface area (Å²) in [5.74, 6) is 0. The molecule has 2 aliphatic heterocycles. The highest BCUT2D eigenvalue weighted by Gasteiger charge is 2.50. The Bertz CT molecular complexity index is 239. The lowest BCUT2D eigenvalue weighted by Crippen LogP contribution is -2.55. The molecule has 2 rings (SSSR count). The van der Waals surface area contributed by atoms with Crippen molar-refractivity contribution in [1.82, 2.24) is 4.90 Å². The molecule has 0 spiro atoms. The van der Waals surface area contributed by atoms with Gasteiger partial charge in [-0.3, -0.25) is 4.90 Å². The Labute approximate surface area is 77.2 Å². The number of aliphatic hydroxyl groups is 1. The molecule has 13 heavy (non-hydrogen) atoms. The number of amides is 1. The highest BCUT2D eigenvalue weighted by atomic mass is 16.4. The molecule has 2 aliphatic rings. The van der Waals surface area contributed by atoms with Gasteiger partial charge in [0.25, 0.3) is 0 Å². The Kier molecular flexibility index (Phi) is 1.77. The molecule has 2 N–H and O–H groups in total. The lowest BCUT2D eigenvalue weighted by molar-refractivity contribution is -0.0537. The fourth-order valence-corrected chi connectivity index (χ4v) is 2.69. The summed E-state index contributed by atoms with van der Waals surface area (Å²) in [5.41, 5.74) is -0.814. The second kappa shape index (κ2) is 2.61. The number of piperidine rings is 1. The summed E-state index contributed by atoms with van der Waals surface area (Å²) in [5, 5.41) is 18.9. The summed E-state index contributed by atoms with van der Waals surface area (Å²) in [6.07, 6.45) is 2.37. The number of carboxylic acid groups (broad SMARTS) is 1. The summed E-state index contributed by atoms with van der Waals surface area (Å²) in [4.78, 5) is 12.4. The molecule has 0 aromatic rings. The summed E-state index contributed by atoms with van der Waals surface area (Å²) < 4.78 is 0. The van der Waals surface area contributed by atoms with Crippen LogP contribution in [-0.4, -0.2) is 38.9 Å². The van der Waals surface area contributed by atoms with Gasteiger partial charge in [-0.1, -0.05) is 0 Å². The van der Waals surface area contributed by atoms with Crippen molar-refractivity contribution < 1.29 is 15.0 Å². The zero-order valence-electron chi connectivity index (χ0n) is 7.73. The van der Waals surface area contributed by atoms with Crippen LogP contribution in [0.25, 0.3) is 0 Å². The smallest absolute Gasteiger partial charge is 0.407 e. The van der Waals surface area contributed by atoms with Crippen LogP contribution in [0.15, 0.2) is 0 Å². The van der Waals surface area contributed by atoms with Crippen LogP contribution in [0.5, 0.6) is 0 Å². The Morgan fingerprint density at radius 2 is 2.15 bits per heavy atom. The van der Waals surface area contributed by atoms with E-state index >= 15 is 0 Å². The molecule has 0 radical (unpaired) electrons. The molecule has 2 heterocycles. The molecule has 0 aliphatic carbocycles. The van der Waals surface area contributed by atoms with Crippen molar-refractivity contribution in [2.45, 2.75) is 50.3 Å². The maximum absolute atomic E-state index is 10.9. The quantitative estimate of drug-likeness (QED) is 0.592. The minimum Gasteiger partial charge on any atom is -0.465 e. The van der Waals surface area contributed by atoms with E-state index in [0.29, 0.717) is 0 Å². The number of fused-ring (bicyclic) bond motifs is 2. The van der Waals surface area contributed by atoms with Gasteiger partial charge in [0.15, 0.2) is 0 Å². The largest absolute Gasteiger partial charge is 0.465 e. The number of hydrogen-bond donors (Lipinski definition) is 2. The molecule has 0 aromatic carbocycles. The van der Waals surface area contributed by atoms with Crippen molar-refractivity contribution in [3.05, 3.63) is 0 Å². The van der Waals surface area contributed by atoms with E-state index in [4.69, 9.17) is 5.11 Å². The van der Waals surface area contributed by atoms with Gasteiger partial charge in [-0.2, -0.15) is 0 Å². The van der Waals surface area contributed by atoms with Crippen molar-refractivity contribution in [2.24, 2.45) is 0 Å². The van der Waals surface area contributed by atoms with Gasteiger partial charge in [0.1, 0.15) is 0 Å². The third-order valence-electron chi connectivity index (χ3n) is 3.42. The molecule has 1 amide bonds. The first-order chi connectivity index (χ1) is 6.02. The first kappa shape index (κ1) is 8.81. The van der Waals surface area contributed by atoms with E-state index in [9.17, 15) is 9.90 Å². The topological polar surface area (TPSA) is 60.8 Å². The minimum atomic E-state index is -0.882. The first-order valence-electron chi connectivity index (χ1n) is 4.76. The Hall–Kier alpha value is -0.770. The molecule has 74 valence electrons. The van der Waals surface area contributed by atoms with Crippen molar-refractivity contribution in [2.75, 3.05) is 0 Å². The highest BCUT2D eigenvalue weighted by molar-refractivity contribution is 5.67. The Morgan fingerprint density at radius 1 is 1.46 bits per heavy atom. The van der Waals surface area contributed by atoms with Gasteiger partial charge < -0.3 is 10.2 Å². The average molecular weight is 185 g/mol. The van der Waals surface area contributed by atoms with Gasteiger partial charge in [0.05, 0.1) is 11.6 Å². The number of nitrogens with zero attached hydrogens (tertiary/aromatic N) is 1. The summed E-state index contributed by atoms with van der Waals surface area (Å²) in [7, 11) is 0. The van der Waals surface area contributed by atoms with Crippen LogP contribution in [0.4, 0.5) is 4.79 Å². The normalized spacial score (nSPS) is 43.7. The molecule has 3 atom stereocenters. The summed E-state index contributed by atoms with van der Waals surface area (Å²) in [6, 6.07) is -0.0218. The summed E-state index contributed by atoms with van der Waals surface area (Å²) >= 11 is 0. The fraction of sp³-hybridized carbons (Fsp3) is 0.889. The second-order valence-corrected chi connectivity index (χ2v) is 4.33. The monoisotopic (exact) mass is 185 g/mol. The van der Waals surface area contributed by atoms with E-state index in [-0.39, 0.29) is 12.1 Å². The Balaban J connectivity index is 2.26. The molecule has 4 heteroatoms. The molecule has 2 saturated heterocycles. The van der Waals surface area contributed by atoms with E-state index in [1.54, 1.807) is 6.92 Å². The highest BCUT2D eigenvalue weighted by Crippen LogP contribution is 2.41. The summed E-state index contributed by atoms with van der Waals surface area (Å²) in [6.45, 7) is 1.75. The van der Waals surface area contributed by atoms with Crippen molar-refractivity contribution in [1.29, 1.82) is 0 Å². The number of rotatable bonds is 0. The number of hydrogen-bond acceptors (Lipinski definition) is 2. The van der Waals surface area contributed by atoms with E-state index in [1.165, 1.54) is 4.90 Å². The van der Waals surface area contributed by atoms with Gasteiger partial charge in [0.2, 0.25) is 0 Å². The molecule has 4 nitrogen and oxygen atoms in total. The molecule has 1 unspecified atom stereocenters. The average Bonchev–Trinajstić information content (AvgIpc) is 2.38. The maximum Gasteiger partial charge on any atom is 0.407 e. The van der Waals surface area contributed by atoms with Crippen molar-refractivity contribution in [3.8, 4) is 0 Å². The lowest BCUT2D eigenvalue weighted by atomic mass is 9.87. The fourth-order valence-electron chi connectivity index (χ4n) is 2.69. The van der Waals surface area contributed by atoms with E-state index in [0.717, 1.165) is 25.7 Å². The molecule has 2 bridgehead atoms. The predicted octanol–water partition coefficient (Wildman–Crippen LogP) is 1.04. The van der Waals surface area contributed by atoms with Crippen LogP contribution in [-0.2, 0) is 0 Å². The number of carbonyl (C=O) groups is 1. The SMILES string of the molecule is CC1(O)CC[C@@H]2CC[C@H]1N2C(=O)O. The van der Waals surface area contributed by atoms with E-state index < -0.39 is 11.7 Å². The zero-order chi connectivity index (χ0) is 9.64. The molecule has 0 aromatic heterocycles. The van der Waals surface area contributed by atoms with E-state index in [1.807, 2.05) is 0 Å². The molecular weight excluding hydrogens is 170 g/mol. The zero-order valence-corrected chi connectivity index (χ0v) is 7.73. The molecule has 0 saturated carbocycles. The van der Waals surface area contributed by atoms with Crippen LogP contribution in [0.2, 0.25) is 0 Å². The van der Waals surface area contributed by atoms with Crippen LogP contribution >= 0.6 is 0 Å². The van der Waals surface area contributed by atoms with E-state index in [2.05, 4.69) is 0 Å². The van der Waals surface area contributed by atoms with Gasteiger partial charge in [-0.05, 0) is 32.6 Å². The lowest BCUT2D eigenvalue weighted by Gasteiger charge is -2.42. The van der Waals surface area contributed by atoms with Crippen LogP contribution < -0.4 is 0 Å². The van der Waals surface area contributed by atoms with Crippen molar-refractivity contribution in [3.63, 3.8) is 0 Å². The van der Waals surface area contributed by atoms with Crippen LogP contribution in [0, 0.1) is 0 Å². The molecule has 2 fully saturated rings. The minimum absolute atomic E-state index is 0.155. The second-order valence-electron chi connectivity index (χ2n) is 4.33. The predicted molar refractivity (Wildman–Crippen MR) is 46.5 cm³/mol. The third-order valence-corrected chi connectivity index (χ3v) is 3.42. The first-order valence-corrected chi connectivity index (χ1v) is 4.76. The maximum atomic E-state index is 10.9. The Morgan fingerprint density at radius 3 is 2.69 bits per heavy atom. The van der Waals surface area contributed by atoms with Gasteiger partial charge in [0, 0.05) is 6.04 Å². The molecular formula is C9H15NO3. The van der Waals surface area contributed by atoms with Gasteiger partial charge >= 0.3 is 6.09 Å². The third kappa shape index (κ3) is 1.20. The van der Waals surface area contributed by atoms with Crippen LogP contribution in [0.3, 0.4) is 0 Å². The standard InChI is InChI=1S/C9H15NO3/c1-9(13)5-4-6-2-3-7(9)10(6)8(11)12/h6-7,13H,2-5H2,1H3,(H,11,12)/t6-,7+,9?/m0/s1.